The summed E-state index contributed by atoms with van der Waals surface area (Å²) in [5.74, 6) is -0.147. The Morgan fingerprint density at radius 2 is 0.653 bits per heavy atom. The molecule has 12 heterocycles. The number of aromatic amines is 4. The highest BCUT2D eigenvalue weighted by atomic mass is 32.2. The summed E-state index contributed by atoms with van der Waals surface area (Å²) in [5, 5.41) is 16.1. The van der Waals surface area contributed by atoms with Gasteiger partial charge in [0.2, 0.25) is 40.1 Å². The van der Waals surface area contributed by atoms with E-state index < -0.39 is 247 Å². The number of hydrogen-bond donors (Lipinski definition) is 8. The summed E-state index contributed by atoms with van der Waals surface area (Å²) in [4.78, 5) is 86.4. The number of likely N-dealkylation sites (tertiary alicyclic amines) is 4. The largest absolute Gasteiger partial charge is 0.493 e. The van der Waals surface area contributed by atoms with Gasteiger partial charge in [0, 0.05) is 122 Å². The Morgan fingerprint density at radius 3 is 0.944 bits per heavy atom. The monoisotopic (exact) mass is 2100 g/mol. The van der Waals surface area contributed by atoms with Crippen molar-refractivity contribution in [3.63, 3.8) is 0 Å². The predicted octanol–water partition coefficient (Wildman–Crippen LogP) is 11.3. The van der Waals surface area contributed by atoms with Gasteiger partial charge in [0.05, 0.1) is 91.0 Å². The Morgan fingerprint density at radius 1 is 0.368 bits per heavy atom. The van der Waals surface area contributed by atoms with E-state index in [0.717, 1.165) is 43.7 Å². The minimum Gasteiger partial charge on any atom is -0.493 e. The third-order valence-electron chi connectivity index (χ3n) is 23.8. The second-order valence-electron chi connectivity index (χ2n) is 34.2. The zero-order chi connectivity index (χ0) is 131. The van der Waals surface area contributed by atoms with E-state index in [9.17, 15) is 52.8 Å². The Balaban J connectivity index is 0.000000192. The quantitative estimate of drug-likeness (QED) is 0.0176. The summed E-state index contributed by atoms with van der Waals surface area (Å²) in [7, 11) is -7.85. The van der Waals surface area contributed by atoms with Crippen LogP contribution in [-0.4, -0.2) is 263 Å². The van der Waals surface area contributed by atoms with Gasteiger partial charge in [0.15, 0.2) is 22.1 Å². The molecule has 144 heavy (non-hydrogen) atoms. The van der Waals surface area contributed by atoms with Crippen LogP contribution in [0.2, 0.25) is 0 Å². The van der Waals surface area contributed by atoms with Gasteiger partial charge in [-0.2, -0.15) is 20.4 Å². The first-order valence-electron chi connectivity index (χ1n) is 63.0. The average Bonchev–Trinajstić information content (AvgIpc) is 1.58. The van der Waals surface area contributed by atoms with Gasteiger partial charge in [-0.3, -0.25) is 37.9 Å². The highest BCUT2D eigenvalue weighted by Crippen LogP contribution is 2.38. The van der Waals surface area contributed by atoms with Crippen molar-refractivity contribution >= 4 is 84.2 Å². The van der Waals surface area contributed by atoms with Crippen LogP contribution in [0.3, 0.4) is 0 Å². The minimum atomic E-state index is -4.81. The van der Waals surface area contributed by atoms with Crippen molar-refractivity contribution in [3.8, 4) is 68.5 Å². The number of aryl methyl sites for hydroxylation is 8. The van der Waals surface area contributed by atoms with Crippen molar-refractivity contribution in [1.29, 1.82) is 0 Å². The van der Waals surface area contributed by atoms with E-state index in [1.165, 1.54) is 71.7 Å². The Labute approximate surface area is 888 Å². The fourth-order valence-electron chi connectivity index (χ4n) is 16.5. The minimum absolute atomic E-state index is 0.00176. The number of hydrogen-bond acceptors (Lipinski definition) is 28. The van der Waals surface area contributed by atoms with Gasteiger partial charge >= 0.3 is 0 Å². The van der Waals surface area contributed by atoms with Crippen LogP contribution in [0.25, 0.3) is 89.7 Å². The van der Waals surface area contributed by atoms with E-state index in [1.807, 2.05) is 30.5 Å². The van der Waals surface area contributed by atoms with E-state index in [1.54, 1.807) is 63.8 Å². The van der Waals surface area contributed by atoms with E-state index in [2.05, 4.69) is 74.4 Å². The number of aromatic nitrogens is 16. The smallest absolute Gasteiger partial charge is 0.277 e. The molecule has 0 saturated carbocycles. The zero-order valence-electron chi connectivity index (χ0n) is 114. The van der Waals surface area contributed by atoms with E-state index in [4.69, 9.17) is 62.8 Å². The zero-order valence-corrected chi connectivity index (χ0v) is 85.2. The first-order chi connectivity index (χ1) is 81.0. The summed E-state index contributed by atoms with van der Waals surface area (Å²) in [6.07, 6.45) is -12.8. The topological polar surface area (TPSA) is 489 Å². The molecule has 4 saturated heterocycles. The van der Waals surface area contributed by atoms with Crippen molar-refractivity contribution in [1.82, 2.24) is 117 Å². The molecule has 16 rings (SSSR count). The third-order valence-corrected chi connectivity index (χ3v) is 29.0. The number of nitrogens with one attached hydrogen (secondary N) is 8. The summed E-state index contributed by atoms with van der Waals surface area (Å²) in [6, 6.07) is 12.3. The van der Waals surface area contributed by atoms with Gasteiger partial charge in [0.25, 0.3) is 22.2 Å². The second-order valence-corrected chi connectivity index (χ2v) is 41.1. The summed E-state index contributed by atoms with van der Waals surface area (Å²) < 4.78 is 402. The van der Waals surface area contributed by atoms with Crippen LogP contribution in [0.5, 0.6) is 23.0 Å². The van der Waals surface area contributed by atoms with E-state index in [-0.39, 0.29) is 136 Å². The molecular weight excluding hydrogens is 1920 g/mol. The maximum absolute atomic E-state index is 13.6. The molecule has 4 aromatic carbocycles. The number of fused-ring (bicyclic) bond motifs is 4. The molecule has 784 valence electrons. The molecule has 6 atom stereocenters. The van der Waals surface area contributed by atoms with Gasteiger partial charge in [-0.25, -0.2) is 72.5 Å². The van der Waals surface area contributed by atoms with Gasteiger partial charge in [0.1, 0.15) is 68.4 Å². The third kappa shape index (κ3) is 26.5. The lowest BCUT2D eigenvalue weighted by Crippen LogP contribution is -2.31. The maximum Gasteiger partial charge on any atom is 0.277 e. The van der Waals surface area contributed by atoms with Crippen molar-refractivity contribution in [2.45, 2.75) is 253 Å². The molecule has 4 fully saturated rings. The van der Waals surface area contributed by atoms with Crippen LogP contribution in [0.1, 0.15) is 250 Å². The summed E-state index contributed by atoms with van der Waals surface area (Å²) >= 11 is 0. The number of benzene rings is 4. The van der Waals surface area contributed by atoms with Gasteiger partial charge in [-0.1, -0.05) is 80.8 Å². The second kappa shape index (κ2) is 49.9. The molecule has 6 unspecified atom stereocenters. The fourth-order valence-corrected chi connectivity index (χ4v) is 20.0. The van der Waals surface area contributed by atoms with Gasteiger partial charge in [-0.05, 0) is 255 Å². The molecule has 0 bridgehead atoms. The summed E-state index contributed by atoms with van der Waals surface area (Å²) in [6.45, 7) is -5.27. The van der Waals surface area contributed by atoms with Gasteiger partial charge < -0.3 is 58.5 Å². The number of ether oxygens (including phenoxy) is 4. The highest BCUT2D eigenvalue weighted by Gasteiger charge is 2.32. The van der Waals surface area contributed by atoms with Crippen LogP contribution in [0.15, 0.2) is 112 Å². The fraction of sp³-hybridized carbons (Fsp3) is 0.560. The van der Waals surface area contributed by atoms with Crippen molar-refractivity contribution in [2.75, 3.05) is 107 Å². The molecule has 12 aromatic rings. The Bertz CT molecular complexity index is 8750. The number of nitrogens with zero attached hydrogens (tertiary/aromatic N) is 16. The van der Waals surface area contributed by atoms with Crippen molar-refractivity contribution < 1.29 is 96.5 Å². The normalized spacial score (nSPS) is 21.7. The van der Waals surface area contributed by atoms with Crippen molar-refractivity contribution in [2.24, 2.45) is 28.0 Å². The van der Waals surface area contributed by atoms with Gasteiger partial charge in [-0.15, -0.1) is 0 Å². The summed E-state index contributed by atoms with van der Waals surface area (Å²) in [5.41, 5.74) is -5.83. The van der Waals surface area contributed by atoms with Crippen LogP contribution in [0.4, 0.5) is 0 Å². The predicted molar refractivity (Wildman–Crippen MR) is 559 cm³/mol. The number of rotatable bonds is 44. The standard InChI is InChI=1S/4C25H36N6O4S/c4*1-5-8-20-22-23(31(4)29-20)25(32)28-24(27-22)19-16-18(10-11-21(19)35-15-6-2)36(33,34)26-13-12-17-9-7-14-30(17)3/h4*10-11,16-17,26H,5-9,12-15H2,1-4H3,(H,27,28,32)/i1D3,4D3,8D2,12D2,13D2;1D3,4D3,8D2,12D2,13D;5D2,12D2,13D;5D2,12D2. The lowest BCUT2D eigenvalue weighted by molar-refractivity contribution is 0.297. The van der Waals surface area contributed by atoms with E-state index >= 15 is 0 Å². The molecule has 0 aliphatic carbocycles. The SMILES string of the molecule is [2H]C(NS(=O)(=O)c1ccc(OCCC)c(-c2nc3c(C([2H])([2H])CC([2H])([2H])[2H])nn(C([2H])([2H])[2H])c3c(=O)[nH]2)c1)C([2H])([2H])C1CCCN1C.[2H]C(NS(=O)(=O)c1ccc(OCCC)c(-c2nc3c(CC([2H])([2H])C)nn(C)c3c(=O)[nH]2)c1)C([2H])([2H])C1CCCN1C.[2H]C([2H])(C)Cc1nn(C)c2c(=O)[nH]c(-c3cc(S(=O)(=O)NCC([2H])([2H])C4CCCN4C)ccc3OCCC)nc12.[2H]C([2H])([2H])CC([2H])([2H])c1nn(C([2H])([2H])[2H])c2c(=O)[nH]c(-c3cc(S(=O)(=O)NC([2H])([2H])C([2H])([2H])C4CCCN4C)ccc3OCCC)nc12. The van der Waals surface area contributed by atoms with Crippen LogP contribution in [0, 0.1) is 0 Å². The van der Waals surface area contributed by atoms with E-state index in [0.29, 0.717) is 108 Å². The van der Waals surface area contributed by atoms with Crippen molar-refractivity contribution in [3.05, 3.63) is 137 Å². The first kappa shape index (κ1) is 73.9. The number of sulfonamides is 4. The molecule has 0 radical (unpaired) electrons. The first-order valence-corrected chi connectivity index (χ1v) is 52.8. The van der Waals surface area contributed by atoms with Crippen LogP contribution in [-0.2, 0) is 93.7 Å². The van der Waals surface area contributed by atoms with Crippen LogP contribution >= 0.6 is 0 Å². The van der Waals surface area contributed by atoms with Crippen LogP contribution < -0.4 is 60.1 Å². The molecule has 8 aromatic heterocycles. The molecule has 4 aliphatic rings. The lowest BCUT2D eigenvalue weighted by Gasteiger charge is -2.19. The lowest BCUT2D eigenvalue weighted by atomic mass is 10.1. The number of H-pyrrole nitrogens is 4. The average molecular weight is 2100 g/mol. The molecule has 44 heteroatoms. The Hall–Kier alpha value is -11.0. The molecular formula is C100H144N24O16S4. The highest BCUT2D eigenvalue weighted by molar-refractivity contribution is 7.90. The molecule has 4 aliphatic heterocycles. The Kier molecular flexibility index (Phi) is 25.6. The molecule has 40 nitrogen and oxygen atoms in total. The molecule has 8 N–H and O–H groups in total. The maximum atomic E-state index is 13.6. The molecule has 0 spiro atoms. The molecule has 0 amide bonds.